The van der Waals surface area contributed by atoms with Crippen LogP contribution in [0.4, 0.5) is 0 Å². The van der Waals surface area contributed by atoms with Crippen LogP contribution in [0.2, 0.25) is 0 Å². The minimum atomic E-state index is 0.124. The van der Waals surface area contributed by atoms with E-state index >= 15 is 0 Å². The zero-order chi connectivity index (χ0) is 19.5. The Bertz CT molecular complexity index is 479. The Morgan fingerprint density at radius 1 is 0.889 bits per heavy atom. The van der Waals surface area contributed by atoms with Gasteiger partial charge >= 0.3 is 0 Å². The highest BCUT2D eigenvalue weighted by molar-refractivity contribution is 5.14. The van der Waals surface area contributed by atoms with E-state index in [0.717, 1.165) is 24.4 Å². The zero-order valence-corrected chi connectivity index (χ0v) is 19.2. The maximum Gasteiger partial charge on any atom is 0.123 e. The van der Waals surface area contributed by atoms with E-state index in [1.54, 1.807) is 0 Å². The van der Waals surface area contributed by atoms with Gasteiger partial charge in [0.15, 0.2) is 0 Å². The van der Waals surface area contributed by atoms with Crippen LogP contribution in [0.1, 0.15) is 105 Å². The number of nitrogens with zero attached hydrogens (tertiary/aromatic N) is 1. The van der Waals surface area contributed by atoms with Crippen molar-refractivity contribution in [3.8, 4) is 0 Å². The van der Waals surface area contributed by atoms with Crippen molar-refractivity contribution in [2.45, 2.75) is 116 Å². The number of rotatable bonds is 12. The Hall–Kier alpha value is -0.0800. The number of ether oxygens (including phenoxy) is 1. The van der Waals surface area contributed by atoms with Crippen molar-refractivity contribution in [1.82, 2.24) is 0 Å². The molecule has 3 rings (SSSR count). The molecule has 1 unspecified atom stereocenters. The number of hydrogen-bond acceptors (Lipinski definition) is 1. The lowest BCUT2D eigenvalue weighted by molar-refractivity contribution is -0.955. The molecule has 0 aromatic rings. The highest BCUT2D eigenvalue weighted by Crippen LogP contribution is 2.65. The first-order chi connectivity index (χ1) is 12.9. The summed E-state index contributed by atoms with van der Waals surface area (Å²) in [6.45, 7) is 17.4. The minimum absolute atomic E-state index is 0.124. The molecule has 0 spiro atoms. The Kier molecular flexibility index (Phi) is 7.00. The molecule has 0 bridgehead atoms. The van der Waals surface area contributed by atoms with Crippen LogP contribution in [0.3, 0.4) is 0 Å². The number of unbranched alkanes of at least 4 members (excludes halogenated alkanes) is 7. The largest absolute Gasteiger partial charge is 0.369 e. The number of quaternary nitrogens is 1. The van der Waals surface area contributed by atoms with Crippen molar-refractivity contribution in [1.29, 1.82) is 0 Å². The smallest absolute Gasteiger partial charge is 0.123 e. The van der Waals surface area contributed by atoms with Crippen molar-refractivity contribution in [3.05, 3.63) is 0 Å². The van der Waals surface area contributed by atoms with Crippen LogP contribution in [0.15, 0.2) is 0 Å². The van der Waals surface area contributed by atoms with E-state index in [4.69, 9.17) is 4.74 Å². The van der Waals surface area contributed by atoms with Crippen molar-refractivity contribution in [2.24, 2.45) is 17.8 Å². The lowest BCUT2D eigenvalue weighted by Gasteiger charge is -2.43. The molecular formula is C25H48NO+. The van der Waals surface area contributed by atoms with Gasteiger partial charge in [-0.2, -0.15) is 0 Å². The van der Waals surface area contributed by atoms with Gasteiger partial charge in [0.2, 0.25) is 0 Å². The average molecular weight is 379 g/mol. The van der Waals surface area contributed by atoms with E-state index in [0.29, 0.717) is 5.54 Å². The summed E-state index contributed by atoms with van der Waals surface area (Å²) in [7, 11) is 0. The van der Waals surface area contributed by atoms with E-state index < -0.39 is 0 Å². The minimum Gasteiger partial charge on any atom is -0.369 e. The van der Waals surface area contributed by atoms with E-state index in [-0.39, 0.29) is 5.60 Å². The van der Waals surface area contributed by atoms with Crippen molar-refractivity contribution < 1.29 is 9.22 Å². The van der Waals surface area contributed by atoms with E-state index in [1.807, 2.05) is 0 Å². The molecule has 3 aliphatic rings. The van der Waals surface area contributed by atoms with Crippen LogP contribution in [0.25, 0.3) is 0 Å². The van der Waals surface area contributed by atoms with Gasteiger partial charge in [0.1, 0.15) is 17.7 Å². The molecule has 0 radical (unpaired) electrons. The predicted octanol–water partition coefficient (Wildman–Crippen LogP) is 6.58. The third-order valence-electron chi connectivity index (χ3n) is 9.04. The van der Waals surface area contributed by atoms with E-state index in [9.17, 15) is 0 Å². The quantitative estimate of drug-likeness (QED) is 0.275. The summed E-state index contributed by atoms with van der Waals surface area (Å²) in [5.41, 5.74) is 0.613. The Morgan fingerprint density at radius 2 is 1.56 bits per heavy atom. The van der Waals surface area contributed by atoms with Crippen LogP contribution in [0.5, 0.6) is 0 Å². The second-order valence-electron chi connectivity index (χ2n) is 10.8. The van der Waals surface area contributed by atoms with Gasteiger partial charge in [0.25, 0.3) is 0 Å². The molecule has 0 aromatic heterocycles. The molecular weight excluding hydrogens is 330 g/mol. The molecule has 2 heteroatoms. The normalized spacial score (nSPS) is 42.8. The van der Waals surface area contributed by atoms with Gasteiger partial charge in [0.05, 0.1) is 13.1 Å². The first-order valence-electron chi connectivity index (χ1n) is 12.4. The van der Waals surface area contributed by atoms with Gasteiger partial charge in [0, 0.05) is 24.4 Å². The third-order valence-corrected chi connectivity index (χ3v) is 9.04. The fourth-order valence-corrected chi connectivity index (χ4v) is 7.89. The molecule has 2 aliphatic heterocycles. The maximum atomic E-state index is 6.76. The average Bonchev–Trinajstić information content (AvgIpc) is 3.15. The van der Waals surface area contributed by atoms with Gasteiger partial charge in [-0.15, -0.1) is 0 Å². The number of hydrogen-bond donors (Lipinski definition) is 0. The Morgan fingerprint density at radius 3 is 2.26 bits per heavy atom. The summed E-state index contributed by atoms with van der Waals surface area (Å²) in [4.78, 5) is 0. The van der Waals surface area contributed by atoms with Gasteiger partial charge in [-0.1, -0.05) is 59.3 Å². The van der Waals surface area contributed by atoms with Gasteiger partial charge in [-0.05, 0) is 46.0 Å². The van der Waals surface area contributed by atoms with Crippen molar-refractivity contribution in [2.75, 3.05) is 26.2 Å². The Balaban J connectivity index is 1.68. The van der Waals surface area contributed by atoms with Crippen LogP contribution in [0, 0.1) is 17.8 Å². The van der Waals surface area contributed by atoms with Crippen LogP contribution in [-0.4, -0.2) is 41.9 Å². The molecule has 6 atom stereocenters. The summed E-state index contributed by atoms with van der Waals surface area (Å²) >= 11 is 0. The van der Waals surface area contributed by atoms with Crippen LogP contribution >= 0.6 is 0 Å². The predicted molar refractivity (Wildman–Crippen MR) is 116 cm³/mol. The van der Waals surface area contributed by atoms with Crippen molar-refractivity contribution in [3.63, 3.8) is 0 Å². The van der Waals surface area contributed by atoms with Crippen LogP contribution in [-0.2, 0) is 4.74 Å². The topological polar surface area (TPSA) is 9.23 Å². The molecule has 3 fully saturated rings. The highest BCUT2D eigenvalue weighted by atomic mass is 16.5. The second-order valence-corrected chi connectivity index (χ2v) is 10.8. The highest BCUT2D eigenvalue weighted by Gasteiger charge is 2.76. The molecule has 0 N–H and O–H groups in total. The van der Waals surface area contributed by atoms with E-state index in [1.165, 1.54) is 94.7 Å². The lowest BCUT2D eigenvalue weighted by atomic mass is 9.76. The van der Waals surface area contributed by atoms with Gasteiger partial charge in [-0.3, -0.25) is 0 Å². The SMILES string of the molecule is CCCCCCC[N+]12C[C@@H](C)[C@@H]3CC[C@@H]([C@@]31C)[C@](C)(OCCCCCC)C2. The third kappa shape index (κ3) is 3.75. The molecule has 1 aliphatic carbocycles. The fourth-order valence-electron chi connectivity index (χ4n) is 7.89. The first-order valence-corrected chi connectivity index (χ1v) is 12.4. The van der Waals surface area contributed by atoms with Crippen LogP contribution < -0.4 is 0 Å². The molecule has 0 aromatic carbocycles. The summed E-state index contributed by atoms with van der Waals surface area (Å²) in [5, 5.41) is 0. The second kappa shape index (κ2) is 8.74. The summed E-state index contributed by atoms with van der Waals surface area (Å²) in [5.74, 6) is 2.62. The summed E-state index contributed by atoms with van der Waals surface area (Å²) in [6, 6.07) is 0. The molecule has 27 heavy (non-hydrogen) atoms. The summed E-state index contributed by atoms with van der Waals surface area (Å²) < 4.78 is 8.15. The molecule has 2 nitrogen and oxygen atoms in total. The first kappa shape index (κ1) is 21.6. The molecule has 2 heterocycles. The molecule has 0 amide bonds. The van der Waals surface area contributed by atoms with Gasteiger partial charge in [-0.25, -0.2) is 0 Å². The van der Waals surface area contributed by atoms with E-state index in [2.05, 4.69) is 34.6 Å². The zero-order valence-electron chi connectivity index (χ0n) is 19.2. The fraction of sp³-hybridized carbons (Fsp3) is 1.00. The standard InChI is InChI=1S/C25H48NO/c1-6-8-10-12-13-17-26-19-21(3)22-15-16-23(25(22,26)5)24(4,20-26)27-18-14-11-9-7-2/h21-23H,6-20H2,1-5H3/q+1/t21-,22+,23-,24-,25-,26?/m1/s1. The Labute approximate surface area is 170 Å². The van der Waals surface area contributed by atoms with Gasteiger partial charge < -0.3 is 9.22 Å². The molecule has 1 saturated carbocycles. The molecule has 2 saturated heterocycles. The maximum absolute atomic E-state index is 6.76. The van der Waals surface area contributed by atoms with Crippen molar-refractivity contribution >= 4 is 0 Å². The molecule has 158 valence electrons. The lowest BCUT2D eigenvalue weighted by Crippen LogP contribution is -2.58. The monoisotopic (exact) mass is 378 g/mol. The summed E-state index contributed by atoms with van der Waals surface area (Å²) in [6.07, 6.45) is 15.2.